The summed E-state index contributed by atoms with van der Waals surface area (Å²) in [4.78, 5) is 0. The fraction of sp³-hybridized carbons (Fsp3) is 0.200. The molecule has 4 saturated carbocycles. The summed E-state index contributed by atoms with van der Waals surface area (Å²) in [6.45, 7) is 0. The largest absolute Gasteiger partial charge is 0.0616 e. The summed E-state index contributed by atoms with van der Waals surface area (Å²) >= 11 is 0. The molecule has 50 heavy (non-hydrogen) atoms. The molecule has 0 heteroatoms. The normalized spacial score (nSPS) is 24.5. The van der Waals surface area contributed by atoms with Crippen molar-refractivity contribution >= 4 is 43.1 Å². The minimum Gasteiger partial charge on any atom is -0.0616 e. The Morgan fingerprint density at radius 3 is 1.56 bits per heavy atom. The van der Waals surface area contributed by atoms with Crippen LogP contribution in [-0.4, -0.2) is 0 Å². The lowest BCUT2D eigenvalue weighted by atomic mass is 9.43. The van der Waals surface area contributed by atoms with Crippen LogP contribution >= 0.6 is 0 Å². The van der Waals surface area contributed by atoms with E-state index in [9.17, 15) is 0 Å². The smallest absolute Gasteiger partial charge is 0.0272 e. The zero-order valence-electron chi connectivity index (χ0n) is 28.2. The van der Waals surface area contributed by atoms with Gasteiger partial charge in [-0.2, -0.15) is 0 Å². The Labute approximate surface area is 293 Å². The molecule has 1 spiro atoms. The molecule has 4 fully saturated rings. The molecule has 5 aliphatic rings. The van der Waals surface area contributed by atoms with Gasteiger partial charge in [-0.1, -0.05) is 140 Å². The van der Waals surface area contributed by atoms with Crippen LogP contribution in [0.5, 0.6) is 0 Å². The van der Waals surface area contributed by atoms with Crippen LogP contribution in [0.4, 0.5) is 0 Å². The van der Waals surface area contributed by atoms with Crippen LogP contribution in [0.2, 0.25) is 0 Å². The summed E-state index contributed by atoms with van der Waals surface area (Å²) in [6.07, 6.45) is 7.06. The van der Waals surface area contributed by atoms with Gasteiger partial charge in [0.15, 0.2) is 0 Å². The first-order chi connectivity index (χ1) is 24.8. The van der Waals surface area contributed by atoms with Crippen molar-refractivity contribution < 1.29 is 0 Å². The van der Waals surface area contributed by atoms with E-state index in [1.807, 2.05) is 0 Å². The topological polar surface area (TPSA) is 0 Å². The molecule has 0 amide bonds. The molecule has 0 aromatic heterocycles. The second-order valence-corrected chi connectivity index (χ2v) is 16.0. The molecule has 0 aliphatic heterocycles. The van der Waals surface area contributed by atoms with Crippen LogP contribution in [-0.2, 0) is 5.41 Å². The fourth-order valence-corrected chi connectivity index (χ4v) is 12.3. The van der Waals surface area contributed by atoms with Crippen molar-refractivity contribution in [3.8, 4) is 33.4 Å². The monoisotopic (exact) mass is 638 g/mol. The second kappa shape index (κ2) is 9.95. The first-order valence-electron chi connectivity index (χ1n) is 18.9. The van der Waals surface area contributed by atoms with Gasteiger partial charge in [0.1, 0.15) is 0 Å². The van der Waals surface area contributed by atoms with E-state index in [0.29, 0.717) is 0 Å². The molecular formula is C50H38. The standard InChI is InChI=1S/C50H38/c1-3-13-37-32(10-1)12-9-19-39(37)48-42-17-7-5-15-40(42)47(41-16-6-8-18-43(41)48)34-20-22-44-46(29-34)50(35-25-30-24-31(27-35)28-36(50)26-30)45-23-21-33-11-2-4-14-38(33)49(44)45/h1-23,29-31,35-36H,24-28H2. The Bertz CT molecular complexity index is 2640. The number of fused-ring (bicyclic) bond motifs is 8. The predicted octanol–water partition coefficient (Wildman–Crippen LogP) is 13.4. The maximum atomic E-state index is 2.69. The number of rotatable bonds is 2. The molecule has 8 aromatic carbocycles. The van der Waals surface area contributed by atoms with Crippen molar-refractivity contribution in [2.75, 3.05) is 0 Å². The third-order valence-corrected chi connectivity index (χ3v) is 13.8. The molecule has 0 N–H and O–H groups in total. The molecule has 13 rings (SSSR count). The van der Waals surface area contributed by atoms with E-state index < -0.39 is 0 Å². The maximum absolute atomic E-state index is 2.69. The molecule has 0 unspecified atom stereocenters. The van der Waals surface area contributed by atoms with Gasteiger partial charge < -0.3 is 0 Å². The molecular weight excluding hydrogens is 601 g/mol. The minimum absolute atomic E-state index is 0.118. The van der Waals surface area contributed by atoms with Crippen LogP contribution in [0.15, 0.2) is 146 Å². The van der Waals surface area contributed by atoms with Gasteiger partial charge in [-0.15, -0.1) is 0 Å². The number of hydrogen-bond donors (Lipinski definition) is 0. The second-order valence-electron chi connectivity index (χ2n) is 16.0. The first-order valence-corrected chi connectivity index (χ1v) is 18.9. The third kappa shape index (κ3) is 3.47. The average Bonchev–Trinajstić information content (AvgIpc) is 3.46. The van der Waals surface area contributed by atoms with Gasteiger partial charge in [0.2, 0.25) is 0 Å². The Morgan fingerprint density at radius 1 is 0.360 bits per heavy atom. The van der Waals surface area contributed by atoms with Gasteiger partial charge >= 0.3 is 0 Å². The molecule has 5 aliphatic carbocycles. The summed E-state index contributed by atoms with van der Waals surface area (Å²) in [5.41, 5.74) is 11.8. The van der Waals surface area contributed by atoms with Crippen molar-refractivity contribution in [1.29, 1.82) is 0 Å². The minimum atomic E-state index is 0.118. The van der Waals surface area contributed by atoms with Crippen molar-refractivity contribution in [3.63, 3.8) is 0 Å². The molecule has 8 aromatic rings. The Kier molecular flexibility index (Phi) is 5.49. The average molecular weight is 639 g/mol. The molecule has 0 nitrogen and oxygen atoms in total. The first kappa shape index (κ1) is 27.6. The summed E-state index contributed by atoms with van der Waals surface area (Å²) in [5.74, 6) is 3.32. The summed E-state index contributed by atoms with van der Waals surface area (Å²) < 4.78 is 0. The number of hydrogen-bond acceptors (Lipinski definition) is 0. The van der Waals surface area contributed by atoms with Crippen LogP contribution < -0.4 is 0 Å². The summed E-state index contributed by atoms with van der Waals surface area (Å²) in [6, 6.07) is 55.8. The van der Waals surface area contributed by atoms with Crippen molar-refractivity contribution in [3.05, 3.63) is 157 Å². The van der Waals surface area contributed by atoms with Gasteiger partial charge in [-0.05, 0) is 149 Å². The SMILES string of the molecule is c1ccc2c(-c3c4ccccc4c(-c4ccc5c(c4)C4(c6ccc7ccccc7c6-5)C5CC6CC(C5)CC4C6)c4ccccc34)cccc2c1. The quantitative estimate of drug-likeness (QED) is 0.165. The van der Waals surface area contributed by atoms with E-state index in [4.69, 9.17) is 0 Å². The van der Waals surface area contributed by atoms with Crippen LogP contribution in [0.25, 0.3) is 76.5 Å². The highest BCUT2D eigenvalue weighted by atomic mass is 14.6. The molecule has 0 saturated heterocycles. The molecule has 0 heterocycles. The van der Waals surface area contributed by atoms with E-state index in [2.05, 4.69) is 146 Å². The lowest BCUT2D eigenvalue weighted by Crippen LogP contribution is -2.55. The molecule has 0 radical (unpaired) electrons. The third-order valence-electron chi connectivity index (χ3n) is 13.8. The predicted molar refractivity (Wildman–Crippen MR) is 211 cm³/mol. The highest BCUT2D eigenvalue weighted by Gasteiger charge is 2.61. The van der Waals surface area contributed by atoms with Crippen LogP contribution in [0.3, 0.4) is 0 Å². The fourth-order valence-electron chi connectivity index (χ4n) is 12.3. The molecule has 4 bridgehead atoms. The lowest BCUT2D eigenvalue weighted by Gasteiger charge is -2.61. The van der Waals surface area contributed by atoms with Gasteiger partial charge in [-0.3, -0.25) is 0 Å². The summed E-state index contributed by atoms with van der Waals surface area (Å²) in [7, 11) is 0. The highest BCUT2D eigenvalue weighted by molar-refractivity contribution is 6.23. The zero-order chi connectivity index (χ0) is 32.6. The van der Waals surface area contributed by atoms with Gasteiger partial charge in [0.25, 0.3) is 0 Å². The van der Waals surface area contributed by atoms with Crippen LogP contribution in [0.1, 0.15) is 43.2 Å². The zero-order valence-corrected chi connectivity index (χ0v) is 28.2. The van der Waals surface area contributed by atoms with E-state index >= 15 is 0 Å². The Balaban J connectivity index is 1.17. The van der Waals surface area contributed by atoms with E-state index in [1.54, 1.807) is 11.1 Å². The lowest BCUT2D eigenvalue weighted by molar-refractivity contribution is -0.0399. The number of benzene rings is 8. The van der Waals surface area contributed by atoms with E-state index in [0.717, 1.165) is 23.7 Å². The summed E-state index contributed by atoms with van der Waals surface area (Å²) in [5, 5.41) is 10.7. The van der Waals surface area contributed by atoms with Gasteiger partial charge in [-0.25, -0.2) is 0 Å². The van der Waals surface area contributed by atoms with Crippen molar-refractivity contribution in [2.45, 2.75) is 37.5 Å². The van der Waals surface area contributed by atoms with Gasteiger partial charge in [0, 0.05) is 5.41 Å². The van der Waals surface area contributed by atoms with E-state index in [1.165, 1.54) is 109 Å². The van der Waals surface area contributed by atoms with Crippen molar-refractivity contribution in [1.82, 2.24) is 0 Å². The van der Waals surface area contributed by atoms with Gasteiger partial charge in [0.05, 0.1) is 0 Å². The molecule has 0 atom stereocenters. The molecule has 238 valence electrons. The Morgan fingerprint density at radius 2 is 0.900 bits per heavy atom. The Hall–Kier alpha value is -5.20. The van der Waals surface area contributed by atoms with Crippen LogP contribution in [0, 0.1) is 23.7 Å². The van der Waals surface area contributed by atoms with E-state index in [-0.39, 0.29) is 5.41 Å². The van der Waals surface area contributed by atoms with Crippen molar-refractivity contribution in [2.24, 2.45) is 23.7 Å². The highest BCUT2D eigenvalue weighted by Crippen LogP contribution is 2.70. The maximum Gasteiger partial charge on any atom is 0.0272 e.